The van der Waals surface area contributed by atoms with Crippen molar-refractivity contribution >= 4 is 68.4 Å². The van der Waals surface area contributed by atoms with E-state index >= 15 is 0 Å². The van der Waals surface area contributed by atoms with Crippen molar-refractivity contribution in [2.45, 2.75) is 30.0 Å². The molecule has 154 valence electrons. The van der Waals surface area contributed by atoms with Gasteiger partial charge in [-0.2, -0.15) is 5.10 Å². The van der Waals surface area contributed by atoms with E-state index in [1.54, 1.807) is 30.5 Å². The van der Waals surface area contributed by atoms with Gasteiger partial charge in [-0.15, -0.1) is 10.2 Å². The second-order valence-electron chi connectivity index (χ2n) is 6.64. The van der Waals surface area contributed by atoms with E-state index in [-0.39, 0.29) is 11.9 Å². The highest BCUT2D eigenvalue weighted by molar-refractivity contribution is 8.00. The molecule has 0 atom stereocenters. The van der Waals surface area contributed by atoms with Crippen LogP contribution in [0.25, 0.3) is 11.0 Å². The standard InChI is InChI=1S/C19H16Cl2N6OS2/c1-10(2)27-16-11(8-23-27)6-12(7-22-16)17(28)24-18-25-26-19(30-18)29-9-13-14(20)4-3-5-15(13)21/h3-8,10H,9H2,1-2H3,(H,24,25,28). The van der Waals surface area contributed by atoms with Gasteiger partial charge < -0.3 is 0 Å². The van der Waals surface area contributed by atoms with Crippen LogP contribution < -0.4 is 5.32 Å². The molecule has 1 aromatic carbocycles. The van der Waals surface area contributed by atoms with Gasteiger partial charge in [0.05, 0.1) is 11.8 Å². The number of halogens is 2. The summed E-state index contributed by atoms with van der Waals surface area (Å²) in [6.07, 6.45) is 3.24. The fraction of sp³-hybridized carbons (Fsp3) is 0.211. The summed E-state index contributed by atoms with van der Waals surface area (Å²) in [6, 6.07) is 7.35. The molecule has 11 heteroatoms. The lowest BCUT2D eigenvalue weighted by atomic mass is 10.2. The molecule has 0 fully saturated rings. The van der Waals surface area contributed by atoms with Crippen LogP contribution in [-0.4, -0.2) is 30.9 Å². The van der Waals surface area contributed by atoms with Gasteiger partial charge >= 0.3 is 0 Å². The molecule has 1 amide bonds. The number of pyridine rings is 1. The number of aromatic nitrogens is 5. The molecule has 0 aliphatic heterocycles. The summed E-state index contributed by atoms with van der Waals surface area (Å²) in [5, 5.41) is 17.7. The molecule has 0 radical (unpaired) electrons. The zero-order chi connectivity index (χ0) is 21.3. The molecule has 4 rings (SSSR count). The van der Waals surface area contributed by atoms with Crippen molar-refractivity contribution in [3.63, 3.8) is 0 Å². The molecule has 0 spiro atoms. The third-order valence-electron chi connectivity index (χ3n) is 4.21. The van der Waals surface area contributed by atoms with E-state index in [1.165, 1.54) is 29.3 Å². The summed E-state index contributed by atoms with van der Waals surface area (Å²) >= 11 is 15.1. The minimum atomic E-state index is -0.302. The third kappa shape index (κ3) is 4.44. The Balaban J connectivity index is 1.43. The smallest absolute Gasteiger partial charge is 0.259 e. The summed E-state index contributed by atoms with van der Waals surface area (Å²) in [6.45, 7) is 4.05. The zero-order valence-electron chi connectivity index (χ0n) is 16.0. The van der Waals surface area contributed by atoms with Crippen molar-refractivity contribution in [1.29, 1.82) is 0 Å². The molecule has 30 heavy (non-hydrogen) atoms. The highest BCUT2D eigenvalue weighted by Crippen LogP contribution is 2.33. The summed E-state index contributed by atoms with van der Waals surface area (Å²) in [5.74, 6) is 0.255. The Kier molecular flexibility index (Phi) is 6.24. The molecule has 1 N–H and O–H groups in total. The van der Waals surface area contributed by atoms with Gasteiger partial charge in [0.25, 0.3) is 5.91 Å². The third-order valence-corrected chi connectivity index (χ3v) is 6.92. The van der Waals surface area contributed by atoms with Crippen LogP contribution in [0.1, 0.15) is 35.8 Å². The number of nitrogens with zero attached hydrogens (tertiary/aromatic N) is 5. The maximum absolute atomic E-state index is 12.6. The van der Waals surface area contributed by atoms with Crippen molar-refractivity contribution in [2.75, 3.05) is 5.32 Å². The lowest BCUT2D eigenvalue weighted by Gasteiger charge is -2.06. The molecule has 4 aromatic rings. The molecule has 0 saturated heterocycles. The molecule has 0 bridgehead atoms. The van der Waals surface area contributed by atoms with Gasteiger partial charge in [-0.3, -0.25) is 10.1 Å². The molecule has 0 saturated carbocycles. The number of carbonyl (C=O) groups excluding carboxylic acids is 1. The molecule has 7 nitrogen and oxygen atoms in total. The van der Waals surface area contributed by atoms with Crippen LogP contribution in [-0.2, 0) is 5.75 Å². The van der Waals surface area contributed by atoms with Crippen molar-refractivity contribution in [3.05, 3.63) is 57.8 Å². The number of benzene rings is 1. The van der Waals surface area contributed by atoms with E-state index in [1.807, 2.05) is 18.5 Å². The van der Waals surface area contributed by atoms with Crippen LogP contribution in [0.5, 0.6) is 0 Å². The van der Waals surface area contributed by atoms with Crippen LogP contribution in [0.15, 0.2) is 41.0 Å². The summed E-state index contributed by atoms with van der Waals surface area (Å²) < 4.78 is 2.52. The molecular formula is C19H16Cl2N6OS2. The van der Waals surface area contributed by atoms with Crippen LogP contribution in [0.4, 0.5) is 5.13 Å². The Labute approximate surface area is 190 Å². The first-order chi connectivity index (χ1) is 14.4. The van der Waals surface area contributed by atoms with Gasteiger partial charge in [0.15, 0.2) is 9.99 Å². The van der Waals surface area contributed by atoms with Crippen LogP contribution in [0, 0.1) is 0 Å². The monoisotopic (exact) mass is 478 g/mol. The average Bonchev–Trinajstić information content (AvgIpc) is 3.33. The predicted molar refractivity (Wildman–Crippen MR) is 122 cm³/mol. The number of rotatable bonds is 6. The van der Waals surface area contributed by atoms with E-state index in [2.05, 4.69) is 25.6 Å². The number of carbonyl (C=O) groups is 1. The highest BCUT2D eigenvalue weighted by Gasteiger charge is 2.15. The van der Waals surface area contributed by atoms with Crippen molar-refractivity contribution in [3.8, 4) is 0 Å². The van der Waals surface area contributed by atoms with Gasteiger partial charge in [0.1, 0.15) is 0 Å². The second-order valence-corrected chi connectivity index (χ2v) is 9.65. The highest BCUT2D eigenvalue weighted by atomic mass is 35.5. The quantitative estimate of drug-likeness (QED) is 0.281. The van der Waals surface area contributed by atoms with E-state index < -0.39 is 0 Å². The molecule has 3 heterocycles. The van der Waals surface area contributed by atoms with E-state index in [9.17, 15) is 4.79 Å². The first-order valence-corrected chi connectivity index (χ1v) is 11.5. The maximum atomic E-state index is 12.6. The van der Waals surface area contributed by atoms with Gasteiger partial charge in [0, 0.05) is 33.4 Å². The van der Waals surface area contributed by atoms with Crippen molar-refractivity contribution in [2.24, 2.45) is 0 Å². The minimum Gasteiger partial charge on any atom is -0.296 e. The number of amides is 1. The second kappa shape index (κ2) is 8.89. The summed E-state index contributed by atoms with van der Waals surface area (Å²) in [4.78, 5) is 17.0. The Morgan fingerprint density at radius 3 is 2.73 bits per heavy atom. The molecule has 0 unspecified atom stereocenters. The van der Waals surface area contributed by atoms with Crippen LogP contribution >= 0.6 is 46.3 Å². The Bertz CT molecular complexity index is 1200. The molecular weight excluding hydrogens is 463 g/mol. The topological polar surface area (TPSA) is 85.6 Å². The largest absolute Gasteiger partial charge is 0.296 e. The van der Waals surface area contributed by atoms with Crippen molar-refractivity contribution in [1.82, 2.24) is 25.0 Å². The molecule has 3 aromatic heterocycles. The number of nitrogens with one attached hydrogen (secondary N) is 1. The Morgan fingerprint density at radius 2 is 2.00 bits per heavy atom. The lowest BCUT2D eigenvalue weighted by molar-refractivity contribution is 0.102. The lowest BCUT2D eigenvalue weighted by Crippen LogP contribution is -2.12. The minimum absolute atomic E-state index is 0.188. The van der Waals surface area contributed by atoms with Gasteiger partial charge in [0.2, 0.25) is 5.13 Å². The SMILES string of the molecule is CC(C)n1ncc2cc(C(=O)Nc3nnc(SCc4c(Cl)cccc4Cl)s3)cnc21. The van der Waals surface area contributed by atoms with E-state index in [0.717, 1.165) is 16.6 Å². The predicted octanol–water partition coefficient (Wildman–Crippen LogP) is 5.72. The van der Waals surface area contributed by atoms with E-state index in [4.69, 9.17) is 23.2 Å². The van der Waals surface area contributed by atoms with Gasteiger partial charge in [-0.1, -0.05) is 52.4 Å². The summed E-state index contributed by atoms with van der Waals surface area (Å²) in [5.41, 5.74) is 2.01. The van der Waals surface area contributed by atoms with E-state index in [0.29, 0.717) is 30.8 Å². The zero-order valence-corrected chi connectivity index (χ0v) is 19.1. The summed E-state index contributed by atoms with van der Waals surface area (Å²) in [7, 11) is 0. The Hall–Kier alpha value is -2.20. The normalized spacial score (nSPS) is 11.4. The maximum Gasteiger partial charge on any atom is 0.259 e. The Morgan fingerprint density at radius 1 is 1.23 bits per heavy atom. The fourth-order valence-electron chi connectivity index (χ4n) is 2.73. The van der Waals surface area contributed by atoms with Crippen LogP contribution in [0.3, 0.4) is 0 Å². The first kappa shape index (κ1) is 21.0. The number of hydrogen-bond donors (Lipinski definition) is 1. The molecule has 0 aliphatic rings. The first-order valence-electron chi connectivity index (χ1n) is 8.96. The van der Waals surface area contributed by atoms with Gasteiger partial charge in [-0.05, 0) is 37.6 Å². The van der Waals surface area contributed by atoms with Crippen molar-refractivity contribution < 1.29 is 4.79 Å². The van der Waals surface area contributed by atoms with Gasteiger partial charge in [-0.25, -0.2) is 9.67 Å². The number of hydrogen-bond acceptors (Lipinski definition) is 7. The van der Waals surface area contributed by atoms with Crippen LogP contribution in [0.2, 0.25) is 10.0 Å². The molecule has 0 aliphatic carbocycles. The number of fused-ring (bicyclic) bond motifs is 1. The number of anilines is 1. The fourth-order valence-corrected chi connectivity index (χ4v) is 5.22. The average molecular weight is 479 g/mol. The number of thioether (sulfide) groups is 1.